The molecule has 0 aliphatic heterocycles. The molecule has 0 aliphatic carbocycles. The Morgan fingerprint density at radius 1 is 1.33 bits per heavy atom. The zero-order valence-electron chi connectivity index (χ0n) is 11.1. The molecule has 0 atom stereocenters. The van der Waals surface area contributed by atoms with Gasteiger partial charge in [0.15, 0.2) is 0 Å². The van der Waals surface area contributed by atoms with Gasteiger partial charge in [0.05, 0.1) is 12.8 Å². The molecule has 0 aromatic heterocycles. The number of methoxy groups -OCH3 is 1. The average Bonchev–Trinajstić information content (AvgIpc) is 2.25. The lowest BCUT2D eigenvalue weighted by Crippen LogP contribution is -2.32. The van der Waals surface area contributed by atoms with E-state index in [1.54, 1.807) is 6.07 Å². The quantitative estimate of drug-likeness (QED) is 0.816. The summed E-state index contributed by atoms with van der Waals surface area (Å²) in [6.07, 6.45) is 0. The van der Waals surface area contributed by atoms with Crippen molar-refractivity contribution < 1.29 is 13.2 Å². The highest BCUT2D eigenvalue weighted by molar-refractivity contribution is 7.89. The van der Waals surface area contributed by atoms with Gasteiger partial charge >= 0.3 is 0 Å². The van der Waals surface area contributed by atoms with Gasteiger partial charge in [-0.3, -0.25) is 0 Å². The molecule has 0 spiro atoms. The second kappa shape index (κ2) is 5.16. The summed E-state index contributed by atoms with van der Waals surface area (Å²) < 4.78 is 31.7. The van der Waals surface area contributed by atoms with Gasteiger partial charge in [0.2, 0.25) is 10.0 Å². The molecule has 1 aromatic carbocycles. The third-order valence-corrected chi connectivity index (χ3v) is 3.77. The molecular weight excluding hydrogens is 252 g/mol. The highest BCUT2D eigenvalue weighted by atomic mass is 32.2. The van der Waals surface area contributed by atoms with Gasteiger partial charge < -0.3 is 10.5 Å². The van der Waals surface area contributed by atoms with Crippen molar-refractivity contribution in [2.45, 2.75) is 25.7 Å². The van der Waals surface area contributed by atoms with Gasteiger partial charge in [-0.25, -0.2) is 13.1 Å². The fourth-order valence-corrected chi connectivity index (χ4v) is 2.68. The van der Waals surface area contributed by atoms with E-state index in [2.05, 4.69) is 4.72 Å². The van der Waals surface area contributed by atoms with Crippen LogP contribution in [-0.2, 0) is 10.0 Å². The molecule has 0 heterocycles. The van der Waals surface area contributed by atoms with Crippen LogP contribution < -0.4 is 15.2 Å². The summed E-state index contributed by atoms with van der Waals surface area (Å²) in [5, 5.41) is 0. The normalized spacial score (nSPS) is 12.4. The molecule has 0 radical (unpaired) electrons. The molecule has 18 heavy (non-hydrogen) atoms. The molecule has 6 heteroatoms. The summed E-state index contributed by atoms with van der Waals surface area (Å²) in [7, 11) is -2.08. The lowest BCUT2D eigenvalue weighted by molar-refractivity contribution is 0.407. The third-order valence-electron chi connectivity index (χ3n) is 2.30. The maximum atomic E-state index is 12.1. The second-order valence-electron chi connectivity index (χ2n) is 5.29. The van der Waals surface area contributed by atoms with E-state index in [1.807, 2.05) is 20.8 Å². The Morgan fingerprint density at radius 2 is 1.94 bits per heavy atom. The predicted octanol–water partition coefficient (Wildman–Crippen LogP) is 1.60. The van der Waals surface area contributed by atoms with Gasteiger partial charge in [-0.1, -0.05) is 20.8 Å². The largest absolute Gasteiger partial charge is 0.497 e. The van der Waals surface area contributed by atoms with Gasteiger partial charge in [0.1, 0.15) is 10.6 Å². The smallest absolute Gasteiger partial charge is 0.242 e. The Labute approximate surface area is 108 Å². The van der Waals surface area contributed by atoms with Crippen LogP contribution >= 0.6 is 0 Å². The van der Waals surface area contributed by atoms with Crippen LogP contribution in [0.15, 0.2) is 23.1 Å². The van der Waals surface area contributed by atoms with Crippen molar-refractivity contribution in [1.82, 2.24) is 4.72 Å². The minimum atomic E-state index is -3.58. The van der Waals surface area contributed by atoms with Crippen LogP contribution in [0, 0.1) is 5.41 Å². The minimum Gasteiger partial charge on any atom is -0.497 e. The van der Waals surface area contributed by atoms with E-state index in [0.717, 1.165) is 0 Å². The lowest BCUT2D eigenvalue weighted by atomic mass is 9.98. The number of hydrogen-bond acceptors (Lipinski definition) is 4. The van der Waals surface area contributed by atoms with Gasteiger partial charge in [-0.05, 0) is 17.5 Å². The number of nitrogen functional groups attached to an aromatic ring is 1. The number of nitrogens with one attached hydrogen (secondary N) is 1. The van der Waals surface area contributed by atoms with Crippen molar-refractivity contribution >= 4 is 15.7 Å². The maximum absolute atomic E-state index is 12.1. The summed E-state index contributed by atoms with van der Waals surface area (Å²) in [5.74, 6) is 0.530. The van der Waals surface area contributed by atoms with Crippen molar-refractivity contribution in [3.8, 4) is 5.75 Å². The van der Waals surface area contributed by atoms with Crippen LogP contribution in [0.25, 0.3) is 0 Å². The topological polar surface area (TPSA) is 81.4 Å². The number of sulfonamides is 1. The van der Waals surface area contributed by atoms with Gasteiger partial charge in [0.25, 0.3) is 0 Å². The number of benzene rings is 1. The zero-order chi connectivity index (χ0) is 14.0. The van der Waals surface area contributed by atoms with Crippen molar-refractivity contribution in [3.63, 3.8) is 0 Å². The first-order valence-corrected chi connectivity index (χ1v) is 7.07. The Bertz CT molecular complexity index is 519. The fraction of sp³-hybridized carbons (Fsp3) is 0.500. The monoisotopic (exact) mass is 272 g/mol. The SMILES string of the molecule is COc1ccc(S(=O)(=O)NCC(C)(C)C)c(N)c1. The zero-order valence-corrected chi connectivity index (χ0v) is 12.0. The van der Waals surface area contributed by atoms with Gasteiger partial charge in [-0.15, -0.1) is 0 Å². The summed E-state index contributed by atoms with van der Waals surface area (Å²) in [4.78, 5) is 0.0764. The molecule has 1 aromatic rings. The average molecular weight is 272 g/mol. The van der Waals surface area contributed by atoms with Crippen LogP contribution in [0.3, 0.4) is 0 Å². The van der Waals surface area contributed by atoms with Crippen molar-refractivity contribution in [2.24, 2.45) is 5.41 Å². The standard InChI is InChI=1S/C12H20N2O3S/c1-12(2,3)8-14-18(15,16)11-6-5-9(17-4)7-10(11)13/h5-7,14H,8,13H2,1-4H3. The Morgan fingerprint density at radius 3 is 2.39 bits per heavy atom. The molecule has 0 saturated heterocycles. The fourth-order valence-electron chi connectivity index (χ4n) is 1.29. The van der Waals surface area contributed by atoms with E-state index in [4.69, 9.17) is 10.5 Å². The molecule has 0 bridgehead atoms. The second-order valence-corrected chi connectivity index (χ2v) is 7.02. The molecule has 0 fully saturated rings. The molecule has 0 unspecified atom stereocenters. The first-order valence-electron chi connectivity index (χ1n) is 5.59. The highest BCUT2D eigenvalue weighted by Crippen LogP contribution is 2.24. The molecule has 3 N–H and O–H groups in total. The Hall–Kier alpha value is -1.27. The van der Waals surface area contributed by atoms with Crippen LogP contribution in [-0.4, -0.2) is 22.1 Å². The van der Waals surface area contributed by atoms with E-state index >= 15 is 0 Å². The van der Waals surface area contributed by atoms with Gasteiger partial charge in [0, 0.05) is 12.6 Å². The molecule has 5 nitrogen and oxygen atoms in total. The lowest BCUT2D eigenvalue weighted by Gasteiger charge is -2.19. The molecular formula is C12H20N2O3S. The Balaban J connectivity index is 2.99. The number of anilines is 1. The van der Waals surface area contributed by atoms with Crippen molar-refractivity contribution in [3.05, 3.63) is 18.2 Å². The van der Waals surface area contributed by atoms with E-state index in [0.29, 0.717) is 12.3 Å². The number of nitrogens with two attached hydrogens (primary N) is 1. The first-order chi connectivity index (χ1) is 8.15. The van der Waals surface area contributed by atoms with E-state index in [-0.39, 0.29) is 16.0 Å². The minimum absolute atomic E-state index is 0.0764. The van der Waals surface area contributed by atoms with E-state index < -0.39 is 10.0 Å². The molecule has 1 rings (SSSR count). The highest BCUT2D eigenvalue weighted by Gasteiger charge is 2.20. The van der Waals surface area contributed by atoms with Crippen molar-refractivity contribution in [2.75, 3.05) is 19.4 Å². The molecule has 102 valence electrons. The van der Waals surface area contributed by atoms with Crippen LogP contribution in [0.5, 0.6) is 5.75 Å². The maximum Gasteiger partial charge on any atom is 0.242 e. The Kier molecular flexibility index (Phi) is 4.24. The summed E-state index contributed by atoms with van der Waals surface area (Å²) in [6, 6.07) is 4.51. The van der Waals surface area contributed by atoms with Crippen LogP contribution in [0.4, 0.5) is 5.69 Å². The van der Waals surface area contributed by atoms with Crippen molar-refractivity contribution in [1.29, 1.82) is 0 Å². The molecule has 0 aliphatic rings. The van der Waals surface area contributed by atoms with E-state index in [1.165, 1.54) is 19.2 Å². The molecule has 0 amide bonds. The number of rotatable bonds is 4. The van der Waals surface area contributed by atoms with Crippen LogP contribution in [0.2, 0.25) is 0 Å². The number of ether oxygens (including phenoxy) is 1. The summed E-state index contributed by atoms with van der Waals surface area (Å²) >= 11 is 0. The summed E-state index contributed by atoms with van der Waals surface area (Å²) in [6.45, 7) is 6.20. The van der Waals surface area contributed by atoms with E-state index in [9.17, 15) is 8.42 Å². The summed E-state index contributed by atoms with van der Waals surface area (Å²) in [5.41, 5.74) is 5.77. The van der Waals surface area contributed by atoms with Gasteiger partial charge in [-0.2, -0.15) is 0 Å². The third kappa shape index (κ3) is 3.89. The predicted molar refractivity (Wildman–Crippen MR) is 72.0 cm³/mol. The first kappa shape index (κ1) is 14.8. The van der Waals surface area contributed by atoms with Crippen LogP contribution in [0.1, 0.15) is 20.8 Å². The molecule has 0 saturated carbocycles. The number of hydrogen-bond donors (Lipinski definition) is 2.